The topological polar surface area (TPSA) is 82.3 Å². The van der Waals surface area contributed by atoms with Gasteiger partial charge in [-0.2, -0.15) is 0 Å². The molecule has 0 aliphatic heterocycles. The lowest BCUT2D eigenvalue weighted by Crippen LogP contribution is -2.25. The van der Waals surface area contributed by atoms with Gasteiger partial charge in [0.1, 0.15) is 0 Å². The molecule has 25 rings (SSSR count). The van der Waals surface area contributed by atoms with Gasteiger partial charge >= 0.3 is 0 Å². The third-order valence-corrected chi connectivity index (χ3v) is 26.2. The third-order valence-electron chi connectivity index (χ3n) is 26.2. The summed E-state index contributed by atoms with van der Waals surface area (Å²) in [7, 11) is 0. The average molecular weight is 1560 g/mol. The lowest BCUT2D eigenvalue weighted by atomic mass is 9.70. The van der Waals surface area contributed by atoms with Gasteiger partial charge in [-0.15, -0.1) is 0 Å². The van der Waals surface area contributed by atoms with Gasteiger partial charge < -0.3 is 4.57 Å². The monoisotopic (exact) mass is 1560 g/mol. The summed E-state index contributed by atoms with van der Waals surface area (Å²) in [6, 6.07) is 156. The number of para-hydroxylation sites is 2. The Bertz CT molecular complexity index is 7770. The fourth-order valence-corrected chi connectivity index (χ4v) is 20.8. The van der Waals surface area contributed by atoms with E-state index in [2.05, 4.69) is 435 Å². The van der Waals surface area contributed by atoms with Crippen molar-refractivity contribution in [2.24, 2.45) is 0 Å². The molecule has 570 valence electrons. The molecular weight excluding hydrogens is 1490 g/mol. The molecule has 7 heteroatoms. The van der Waals surface area contributed by atoms with Crippen LogP contribution in [0, 0.1) is 0 Å². The van der Waals surface area contributed by atoms with E-state index in [0.717, 1.165) is 106 Å². The minimum atomic E-state index is -0.469. The first-order valence-electron chi connectivity index (χ1n) is 42.1. The second-order valence-corrected chi connectivity index (χ2v) is 32.6. The molecule has 0 N–H and O–H groups in total. The van der Waals surface area contributed by atoms with Crippen molar-refractivity contribution >= 4 is 21.8 Å². The Morgan fingerprint density at radius 2 is 0.423 bits per heavy atom. The largest absolute Gasteiger partial charge is 0.309 e. The Kier molecular flexibility index (Phi) is 15.7. The average Bonchev–Trinajstić information content (AvgIpc) is 1.51. The first-order chi connectivity index (χ1) is 60.9. The lowest BCUT2D eigenvalue weighted by molar-refractivity contribution is 0.794. The highest BCUT2D eigenvalue weighted by Crippen LogP contribution is 2.65. The van der Waals surface area contributed by atoms with Crippen molar-refractivity contribution in [3.05, 3.63) is 475 Å². The van der Waals surface area contributed by atoms with E-state index in [4.69, 9.17) is 29.9 Å². The number of fused-ring (bicyclic) bond motifs is 23. The van der Waals surface area contributed by atoms with Crippen LogP contribution in [0.25, 0.3) is 196 Å². The normalized spacial score (nSPS) is 13.0. The van der Waals surface area contributed by atoms with Crippen LogP contribution >= 0.6 is 0 Å². The standard InChI is InChI=1S/C116H71N7/c1-2-25-72(26-3-1)78-27-22-30-83(67-78)112-120-113(122-114(121-112)97-42-5-4-33-87(97)82-62-66-105-98(70-82)93-39-11-19-48-104(93)115(105)99-43-14-6-34-88(99)89-35-7-15-44-100(89)115)84-31-23-28-79(68-84)75-53-51-73(52-54-75)74-55-57-76(58-56-74)109-117-110(77-59-63-86(64-60-77)123-107-49-20-12-40-95(107)96-41-13-21-50-108(96)123)119-111(118-109)85-32-24-29-80(69-85)81-61-65-94-92-38-10-18-47-103(92)116(106(94)71-81)101-45-16-8-36-90(101)91-37-9-17-46-102(91)116/h1-71H. The molecular formula is C116H71N7. The molecule has 4 aliphatic rings. The van der Waals surface area contributed by atoms with E-state index in [1.165, 1.54) is 99.8 Å². The molecule has 0 amide bonds. The van der Waals surface area contributed by atoms with Gasteiger partial charge in [-0.05, 0) is 211 Å². The minimum absolute atomic E-state index is 0.446. The molecule has 21 aromatic rings. The van der Waals surface area contributed by atoms with Gasteiger partial charge in [-0.1, -0.05) is 364 Å². The van der Waals surface area contributed by atoms with Crippen LogP contribution in [0.4, 0.5) is 0 Å². The van der Waals surface area contributed by atoms with Gasteiger partial charge in [0, 0.05) is 49.8 Å². The van der Waals surface area contributed by atoms with Crippen molar-refractivity contribution in [3.63, 3.8) is 0 Å². The summed E-state index contributed by atoms with van der Waals surface area (Å²) >= 11 is 0. The molecule has 0 saturated heterocycles. The zero-order valence-electron chi connectivity index (χ0n) is 66.6. The third kappa shape index (κ3) is 10.8. The van der Waals surface area contributed by atoms with E-state index in [1.807, 2.05) is 0 Å². The summed E-state index contributed by atoms with van der Waals surface area (Å²) in [5.74, 6) is 3.50. The number of hydrogen-bond acceptors (Lipinski definition) is 6. The van der Waals surface area contributed by atoms with Gasteiger partial charge in [0.05, 0.1) is 21.9 Å². The molecule has 0 radical (unpaired) electrons. The predicted molar refractivity (Wildman–Crippen MR) is 500 cm³/mol. The molecule has 123 heavy (non-hydrogen) atoms. The molecule has 0 unspecified atom stereocenters. The van der Waals surface area contributed by atoms with Gasteiger partial charge in [-0.25, -0.2) is 29.9 Å². The van der Waals surface area contributed by atoms with E-state index >= 15 is 0 Å². The second-order valence-electron chi connectivity index (χ2n) is 32.6. The number of nitrogens with zero attached hydrogens (tertiary/aromatic N) is 7. The Morgan fingerprint density at radius 1 is 0.146 bits per heavy atom. The fourth-order valence-electron chi connectivity index (χ4n) is 20.8. The SMILES string of the molecule is c1ccc(-c2cccc(-c3nc(-c4cccc(-c5ccc(-c6ccc(-c7nc(-c8ccc(-n9c%10ccccc%10c%10ccccc%109)cc8)nc(-c8cccc(-c9ccc%10c(c9)C9(c%11ccccc%11-c%11ccccc%119)c9ccccc9-%10)c8)n7)cc6)cc5)c4)nc(-c4ccccc4-c4ccc5c(c4)-c4ccccc4C54c5ccccc5-c5ccccc54)n3)c2)cc1. The van der Waals surface area contributed by atoms with E-state index in [0.29, 0.717) is 34.9 Å². The molecule has 0 fully saturated rings. The quantitative estimate of drug-likeness (QED) is 0.121. The molecule has 3 heterocycles. The smallest absolute Gasteiger partial charge is 0.164 e. The van der Waals surface area contributed by atoms with Crippen molar-refractivity contribution in [1.29, 1.82) is 0 Å². The summed E-state index contributed by atoms with van der Waals surface area (Å²) < 4.78 is 2.34. The highest BCUT2D eigenvalue weighted by molar-refractivity contribution is 6.09. The molecule has 4 aliphatic carbocycles. The number of rotatable bonds is 12. The van der Waals surface area contributed by atoms with Crippen LogP contribution in [0.15, 0.2) is 431 Å². The summed E-state index contributed by atoms with van der Waals surface area (Å²) in [6.07, 6.45) is 0. The molecule has 0 bridgehead atoms. The van der Waals surface area contributed by atoms with Gasteiger partial charge in [0.25, 0.3) is 0 Å². The van der Waals surface area contributed by atoms with Gasteiger partial charge in [-0.3, -0.25) is 0 Å². The number of benzene rings is 18. The molecule has 7 nitrogen and oxygen atoms in total. The second kappa shape index (κ2) is 27.7. The summed E-state index contributed by atoms with van der Waals surface area (Å²) in [5, 5.41) is 2.43. The van der Waals surface area contributed by atoms with Crippen LogP contribution < -0.4 is 0 Å². The first kappa shape index (κ1) is 69.9. The Labute approximate surface area is 711 Å². The summed E-state index contributed by atoms with van der Waals surface area (Å²) in [6.45, 7) is 0. The van der Waals surface area contributed by atoms with E-state index < -0.39 is 10.8 Å². The maximum absolute atomic E-state index is 5.48. The summed E-state index contributed by atoms with van der Waals surface area (Å²) in [5.41, 5.74) is 39.2. The van der Waals surface area contributed by atoms with Crippen molar-refractivity contribution in [3.8, 4) is 174 Å². The van der Waals surface area contributed by atoms with Crippen molar-refractivity contribution in [2.45, 2.75) is 10.8 Å². The molecule has 2 spiro atoms. The highest BCUT2D eigenvalue weighted by Gasteiger charge is 2.53. The number of aromatic nitrogens is 7. The molecule has 0 atom stereocenters. The van der Waals surface area contributed by atoms with Crippen LogP contribution in [-0.2, 0) is 10.8 Å². The Morgan fingerprint density at radius 3 is 0.878 bits per heavy atom. The van der Waals surface area contributed by atoms with Crippen LogP contribution in [0.2, 0.25) is 0 Å². The van der Waals surface area contributed by atoms with Gasteiger partial charge in [0.15, 0.2) is 34.9 Å². The Hall–Kier alpha value is -16.2. The minimum Gasteiger partial charge on any atom is -0.309 e. The zero-order chi connectivity index (χ0) is 80.9. The van der Waals surface area contributed by atoms with Crippen LogP contribution in [-0.4, -0.2) is 34.5 Å². The maximum atomic E-state index is 5.48. The van der Waals surface area contributed by atoms with E-state index in [9.17, 15) is 0 Å². The van der Waals surface area contributed by atoms with Crippen molar-refractivity contribution in [2.75, 3.05) is 0 Å². The zero-order valence-corrected chi connectivity index (χ0v) is 66.6. The van der Waals surface area contributed by atoms with Gasteiger partial charge in [0.2, 0.25) is 0 Å². The highest BCUT2D eigenvalue weighted by atomic mass is 15.0. The molecule has 0 saturated carbocycles. The van der Waals surface area contributed by atoms with E-state index in [1.54, 1.807) is 0 Å². The molecule has 3 aromatic heterocycles. The summed E-state index contributed by atoms with van der Waals surface area (Å²) in [4.78, 5) is 32.5. The molecule has 18 aromatic carbocycles. The van der Waals surface area contributed by atoms with E-state index in [-0.39, 0.29) is 0 Å². The lowest BCUT2D eigenvalue weighted by Gasteiger charge is -2.30. The predicted octanol–water partition coefficient (Wildman–Crippen LogP) is 28.2. The van der Waals surface area contributed by atoms with Crippen LogP contribution in [0.3, 0.4) is 0 Å². The maximum Gasteiger partial charge on any atom is 0.164 e. The van der Waals surface area contributed by atoms with Crippen LogP contribution in [0.5, 0.6) is 0 Å². The van der Waals surface area contributed by atoms with Crippen molar-refractivity contribution in [1.82, 2.24) is 34.5 Å². The number of hydrogen-bond donors (Lipinski definition) is 0. The Balaban J connectivity index is 0.555. The van der Waals surface area contributed by atoms with Crippen LogP contribution in [0.1, 0.15) is 44.5 Å². The van der Waals surface area contributed by atoms with Crippen molar-refractivity contribution < 1.29 is 0 Å². The first-order valence-corrected chi connectivity index (χ1v) is 42.1. The fraction of sp³-hybridized carbons (Fsp3) is 0.0172.